The van der Waals surface area contributed by atoms with Gasteiger partial charge in [0, 0.05) is 16.9 Å². The number of rotatable bonds is 9. The van der Waals surface area contributed by atoms with Crippen molar-refractivity contribution in [2.24, 2.45) is 0 Å². The molecule has 0 radical (unpaired) electrons. The Morgan fingerprint density at radius 2 is 1.05 bits per heavy atom. The smallest absolute Gasteiger partial charge is 0.175 e. The molecule has 0 aromatic heterocycles. The third-order valence-electron chi connectivity index (χ3n) is 5.72. The second-order valence-corrected chi connectivity index (χ2v) is 9.57. The number of hydrogen-bond acceptors (Lipinski definition) is 3. The van der Waals surface area contributed by atoms with Crippen molar-refractivity contribution < 1.29 is 9.47 Å². The molecule has 4 rings (SSSR count). The third kappa shape index (κ3) is 9.54. The first-order valence-electron chi connectivity index (χ1n) is 12.9. The summed E-state index contributed by atoms with van der Waals surface area (Å²) in [7, 11) is 4.48. The van der Waals surface area contributed by atoms with Gasteiger partial charge in [0.05, 0.1) is 27.3 Å². The minimum Gasteiger partial charge on any atom is -0.494 e. The van der Waals surface area contributed by atoms with E-state index in [-0.39, 0.29) is 0 Å². The molecule has 38 heavy (non-hydrogen) atoms. The van der Waals surface area contributed by atoms with Crippen LogP contribution in [-0.4, -0.2) is 32.4 Å². The highest BCUT2D eigenvalue weighted by Crippen LogP contribution is 2.21. The second kappa shape index (κ2) is 14.8. The van der Waals surface area contributed by atoms with Crippen LogP contribution >= 0.6 is 12.2 Å². The predicted molar refractivity (Wildman–Crippen MR) is 165 cm³/mol. The van der Waals surface area contributed by atoms with Crippen molar-refractivity contribution in [3.8, 4) is 11.5 Å². The SMILES string of the molecule is CCOc1ccc(NC(=S)Nc2ccc(OCC)cc2)cc1.C[N+](C)(Cc1ccccc1)c1ccccc1. The maximum absolute atomic E-state index is 5.40. The molecule has 0 bridgehead atoms. The molecular formula is C32H38N3O2S+. The summed E-state index contributed by atoms with van der Waals surface area (Å²) < 4.78 is 11.7. The van der Waals surface area contributed by atoms with E-state index in [9.17, 15) is 0 Å². The van der Waals surface area contributed by atoms with Crippen molar-refractivity contribution in [1.29, 1.82) is 0 Å². The minimum atomic E-state index is 0.535. The van der Waals surface area contributed by atoms with Gasteiger partial charge in [0.1, 0.15) is 23.7 Å². The van der Waals surface area contributed by atoms with Crippen molar-refractivity contribution >= 4 is 34.4 Å². The predicted octanol–water partition coefficient (Wildman–Crippen LogP) is 7.75. The monoisotopic (exact) mass is 528 g/mol. The van der Waals surface area contributed by atoms with Crippen LogP contribution in [0.2, 0.25) is 0 Å². The lowest BCUT2D eigenvalue weighted by atomic mass is 10.2. The Hall–Kier alpha value is -3.87. The first kappa shape index (κ1) is 28.7. The van der Waals surface area contributed by atoms with Crippen LogP contribution in [0.4, 0.5) is 17.1 Å². The molecule has 6 heteroatoms. The maximum Gasteiger partial charge on any atom is 0.175 e. The fraction of sp³-hybridized carbons (Fsp3) is 0.219. The van der Waals surface area contributed by atoms with E-state index < -0.39 is 0 Å². The van der Waals surface area contributed by atoms with Crippen molar-refractivity contribution in [2.45, 2.75) is 20.4 Å². The standard InChI is InChI=1S/C17H20N2O2S.C15H18N/c1-3-20-15-9-5-13(6-10-15)18-17(22)19-14-7-11-16(12-8-14)21-4-2;1-16(2,15-11-7-4-8-12-15)13-14-9-5-3-6-10-14/h5-12H,3-4H2,1-2H3,(H2,18,19,22);3-12H,13H2,1-2H3/q;+1. The van der Waals surface area contributed by atoms with E-state index in [1.165, 1.54) is 11.3 Å². The molecule has 0 fully saturated rings. The highest BCUT2D eigenvalue weighted by atomic mass is 32.1. The number of benzene rings is 4. The first-order valence-corrected chi connectivity index (χ1v) is 13.3. The summed E-state index contributed by atoms with van der Waals surface area (Å²) >= 11 is 5.30. The molecule has 0 saturated carbocycles. The Balaban J connectivity index is 0.000000221. The van der Waals surface area contributed by atoms with Gasteiger partial charge in [0.25, 0.3) is 0 Å². The largest absolute Gasteiger partial charge is 0.494 e. The summed E-state index contributed by atoms with van der Waals surface area (Å²) in [6, 6.07) is 36.6. The zero-order valence-corrected chi connectivity index (χ0v) is 23.5. The molecule has 0 heterocycles. The van der Waals surface area contributed by atoms with Gasteiger partial charge in [-0.15, -0.1) is 0 Å². The van der Waals surface area contributed by atoms with Gasteiger partial charge in [-0.25, -0.2) is 0 Å². The number of ether oxygens (including phenoxy) is 2. The van der Waals surface area contributed by atoms with E-state index in [0.29, 0.717) is 18.3 Å². The van der Waals surface area contributed by atoms with Gasteiger partial charge in [-0.2, -0.15) is 0 Å². The lowest BCUT2D eigenvalue weighted by Gasteiger charge is -2.29. The van der Waals surface area contributed by atoms with Crippen LogP contribution < -0.4 is 24.6 Å². The molecule has 0 atom stereocenters. The Kier molecular flexibility index (Phi) is 11.1. The van der Waals surface area contributed by atoms with E-state index in [1.807, 2.05) is 62.4 Å². The molecule has 0 saturated heterocycles. The molecule has 2 N–H and O–H groups in total. The minimum absolute atomic E-state index is 0.535. The van der Waals surface area contributed by atoms with Crippen LogP contribution in [-0.2, 0) is 6.54 Å². The molecule has 198 valence electrons. The molecule has 4 aromatic carbocycles. The van der Waals surface area contributed by atoms with Gasteiger partial charge in [0.2, 0.25) is 0 Å². The number of anilines is 2. The van der Waals surface area contributed by atoms with Crippen molar-refractivity contribution in [3.05, 3.63) is 115 Å². The lowest BCUT2D eigenvalue weighted by Crippen LogP contribution is -2.39. The number of hydrogen-bond donors (Lipinski definition) is 2. The van der Waals surface area contributed by atoms with Crippen LogP contribution in [0.1, 0.15) is 19.4 Å². The van der Waals surface area contributed by atoms with Crippen LogP contribution in [0.3, 0.4) is 0 Å². The first-order chi connectivity index (χ1) is 18.4. The van der Waals surface area contributed by atoms with E-state index in [2.05, 4.69) is 85.4 Å². The van der Waals surface area contributed by atoms with Crippen molar-refractivity contribution in [2.75, 3.05) is 37.9 Å². The normalized spacial score (nSPS) is 10.5. The summed E-state index contributed by atoms with van der Waals surface area (Å²) in [4.78, 5) is 0. The molecular weight excluding hydrogens is 490 g/mol. The molecule has 0 amide bonds. The summed E-state index contributed by atoms with van der Waals surface area (Å²) in [5.41, 5.74) is 4.53. The molecule has 0 aliphatic rings. The molecule has 4 aromatic rings. The average molecular weight is 529 g/mol. The number of nitrogens with one attached hydrogen (secondary N) is 2. The van der Waals surface area contributed by atoms with Crippen molar-refractivity contribution in [1.82, 2.24) is 4.48 Å². The summed E-state index contributed by atoms with van der Waals surface area (Å²) in [5.74, 6) is 1.69. The van der Waals surface area contributed by atoms with E-state index >= 15 is 0 Å². The van der Waals surface area contributed by atoms with Gasteiger partial charge >= 0.3 is 0 Å². The second-order valence-electron chi connectivity index (χ2n) is 9.16. The molecule has 0 spiro atoms. The number of para-hydroxylation sites is 1. The molecule has 5 nitrogen and oxygen atoms in total. The fourth-order valence-corrected chi connectivity index (χ4v) is 4.09. The van der Waals surface area contributed by atoms with Gasteiger partial charge in [-0.1, -0.05) is 48.5 Å². The number of thiocarbonyl (C=S) groups is 1. The number of nitrogens with zero attached hydrogens (tertiary/aromatic N) is 1. The Morgan fingerprint density at radius 1 is 0.632 bits per heavy atom. The van der Waals surface area contributed by atoms with Crippen LogP contribution in [0.25, 0.3) is 0 Å². The summed E-state index contributed by atoms with van der Waals surface area (Å²) in [6.07, 6.45) is 0. The van der Waals surface area contributed by atoms with Crippen molar-refractivity contribution in [3.63, 3.8) is 0 Å². The lowest BCUT2D eigenvalue weighted by molar-refractivity contribution is 0.340. The zero-order valence-electron chi connectivity index (χ0n) is 22.7. The number of quaternary nitrogens is 1. The molecule has 0 aliphatic heterocycles. The Labute approximate surface area is 232 Å². The summed E-state index contributed by atoms with van der Waals surface area (Å²) in [5, 5.41) is 6.80. The van der Waals surface area contributed by atoms with Crippen LogP contribution in [0.15, 0.2) is 109 Å². The summed E-state index contributed by atoms with van der Waals surface area (Å²) in [6.45, 7) is 6.25. The zero-order chi connectivity index (χ0) is 27.2. The van der Waals surface area contributed by atoms with Crippen LogP contribution in [0.5, 0.6) is 11.5 Å². The topological polar surface area (TPSA) is 42.5 Å². The highest BCUT2D eigenvalue weighted by Gasteiger charge is 2.18. The maximum atomic E-state index is 5.40. The molecule has 0 unspecified atom stereocenters. The quantitative estimate of drug-likeness (QED) is 0.172. The average Bonchev–Trinajstić information content (AvgIpc) is 2.92. The van der Waals surface area contributed by atoms with Gasteiger partial charge < -0.3 is 20.1 Å². The van der Waals surface area contributed by atoms with E-state index in [1.54, 1.807) is 0 Å². The Morgan fingerprint density at radius 3 is 1.47 bits per heavy atom. The van der Waals surface area contributed by atoms with Gasteiger partial charge in [0.15, 0.2) is 5.11 Å². The third-order valence-corrected chi connectivity index (χ3v) is 5.93. The molecule has 0 aliphatic carbocycles. The van der Waals surface area contributed by atoms with E-state index in [0.717, 1.165) is 33.9 Å². The van der Waals surface area contributed by atoms with Crippen LogP contribution in [0, 0.1) is 0 Å². The van der Waals surface area contributed by atoms with E-state index in [4.69, 9.17) is 21.7 Å². The fourth-order valence-electron chi connectivity index (χ4n) is 3.86. The highest BCUT2D eigenvalue weighted by molar-refractivity contribution is 7.80. The van der Waals surface area contributed by atoms with Gasteiger partial charge in [-0.05, 0) is 86.7 Å². The van der Waals surface area contributed by atoms with Gasteiger partial charge in [-0.3, -0.25) is 4.48 Å². The Bertz CT molecular complexity index is 1180.